The van der Waals surface area contributed by atoms with Gasteiger partial charge in [0.25, 0.3) is 0 Å². The molecule has 7 heteroatoms. The summed E-state index contributed by atoms with van der Waals surface area (Å²) in [5.74, 6) is 0.0552. The zero-order chi connectivity index (χ0) is 11.4. The van der Waals surface area contributed by atoms with Gasteiger partial charge in [-0.2, -0.15) is 15.0 Å². The van der Waals surface area contributed by atoms with Crippen molar-refractivity contribution < 1.29 is 9.47 Å². The summed E-state index contributed by atoms with van der Waals surface area (Å²) >= 11 is 5.62. The predicted molar refractivity (Wildman–Crippen MR) is 58.3 cm³/mol. The van der Waals surface area contributed by atoms with Crippen molar-refractivity contribution in [2.24, 2.45) is 0 Å². The number of nitrogens with zero attached hydrogens (tertiary/aromatic N) is 3. The van der Waals surface area contributed by atoms with Crippen LogP contribution in [-0.2, 0) is 4.74 Å². The highest BCUT2D eigenvalue weighted by Crippen LogP contribution is 2.14. The molecule has 1 aliphatic heterocycles. The van der Waals surface area contributed by atoms with E-state index in [9.17, 15) is 0 Å². The lowest BCUT2D eigenvalue weighted by Crippen LogP contribution is -2.26. The van der Waals surface area contributed by atoms with Crippen LogP contribution >= 0.6 is 11.6 Å². The Morgan fingerprint density at radius 1 is 1.38 bits per heavy atom. The summed E-state index contributed by atoms with van der Waals surface area (Å²) < 4.78 is 10.9. The number of hydrogen-bond donors (Lipinski definition) is 1. The molecule has 1 aliphatic rings. The molecule has 1 fully saturated rings. The van der Waals surface area contributed by atoms with Crippen LogP contribution in [0.1, 0.15) is 19.3 Å². The molecule has 0 aromatic carbocycles. The Kier molecular flexibility index (Phi) is 3.74. The maximum atomic E-state index is 5.62. The lowest BCUT2D eigenvalue weighted by atomic mass is 10.1. The molecule has 1 aromatic rings. The fourth-order valence-electron chi connectivity index (χ4n) is 1.52. The van der Waals surface area contributed by atoms with Gasteiger partial charge in [-0.1, -0.05) is 0 Å². The van der Waals surface area contributed by atoms with Gasteiger partial charge in [0.15, 0.2) is 0 Å². The van der Waals surface area contributed by atoms with Gasteiger partial charge in [0, 0.05) is 6.61 Å². The first kappa shape index (κ1) is 11.3. The molecule has 0 radical (unpaired) electrons. The number of aromatic nitrogens is 3. The maximum absolute atomic E-state index is 5.62. The molecule has 0 spiro atoms. The largest absolute Gasteiger partial charge is 0.461 e. The summed E-state index contributed by atoms with van der Waals surface area (Å²) in [5.41, 5.74) is 5.41. The van der Waals surface area contributed by atoms with E-state index in [4.69, 9.17) is 26.8 Å². The zero-order valence-corrected chi connectivity index (χ0v) is 9.48. The van der Waals surface area contributed by atoms with Gasteiger partial charge in [0.1, 0.15) is 6.61 Å². The third kappa shape index (κ3) is 3.18. The topological polar surface area (TPSA) is 83.2 Å². The summed E-state index contributed by atoms with van der Waals surface area (Å²) in [4.78, 5) is 11.3. The van der Waals surface area contributed by atoms with Crippen molar-refractivity contribution in [3.05, 3.63) is 5.28 Å². The summed E-state index contributed by atoms with van der Waals surface area (Å²) in [6, 6.07) is 0.145. The fourth-order valence-corrected chi connectivity index (χ4v) is 1.68. The quantitative estimate of drug-likeness (QED) is 0.856. The van der Waals surface area contributed by atoms with E-state index in [1.165, 1.54) is 0 Å². The summed E-state index contributed by atoms with van der Waals surface area (Å²) in [5, 5.41) is 0.0343. The van der Waals surface area contributed by atoms with Crippen molar-refractivity contribution >= 4 is 17.5 Å². The van der Waals surface area contributed by atoms with E-state index >= 15 is 0 Å². The monoisotopic (exact) mass is 244 g/mol. The third-order valence-corrected chi connectivity index (χ3v) is 2.45. The van der Waals surface area contributed by atoms with Gasteiger partial charge in [0.2, 0.25) is 11.2 Å². The normalized spacial score (nSPS) is 20.7. The van der Waals surface area contributed by atoms with Crippen LogP contribution < -0.4 is 10.5 Å². The van der Waals surface area contributed by atoms with Gasteiger partial charge in [0.05, 0.1) is 6.10 Å². The minimum atomic E-state index is 0.0343. The van der Waals surface area contributed by atoms with Gasteiger partial charge >= 0.3 is 6.01 Å². The molecule has 0 amide bonds. The van der Waals surface area contributed by atoms with E-state index in [0.29, 0.717) is 6.61 Å². The number of ether oxygens (including phenoxy) is 2. The smallest absolute Gasteiger partial charge is 0.322 e. The van der Waals surface area contributed by atoms with Gasteiger partial charge < -0.3 is 15.2 Å². The maximum Gasteiger partial charge on any atom is 0.322 e. The number of anilines is 1. The fraction of sp³-hybridized carbons (Fsp3) is 0.667. The Labute approximate surface area is 98.1 Å². The highest BCUT2D eigenvalue weighted by molar-refractivity contribution is 6.28. The molecule has 16 heavy (non-hydrogen) atoms. The van der Waals surface area contributed by atoms with Crippen LogP contribution in [0.5, 0.6) is 6.01 Å². The molecule has 1 aromatic heterocycles. The van der Waals surface area contributed by atoms with Crippen LogP contribution in [0.2, 0.25) is 5.28 Å². The van der Waals surface area contributed by atoms with Crippen LogP contribution in [-0.4, -0.2) is 34.3 Å². The lowest BCUT2D eigenvalue weighted by Gasteiger charge is -2.21. The molecule has 1 unspecified atom stereocenters. The molecule has 0 saturated carbocycles. The zero-order valence-electron chi connectivity index (χ0n) is 8.73. The van der Waals surface area contributed by atoms with Gasteiger partial charge in [-0.15, -0.1) is 0 Å². The highest BCUT2D eigenvalue weighted by Gasteiger charge is 2.15. The van der Waals surface area contributed by atoms with E-state index in [-0.39, 0.29) is 23.3 Å². The van der Waals surface area contributed by atoms with Gasteiger partial charge in [-0.05, 0) is 30.9 Å². The Balaban J connectivity index is 1.88. The number of hydrogen-bond acceptors (Lipinski definition) is 6. The Hall–Kier alpha value is -1.14. The van der Waals surface area contributed by atoms with Crippen molar-refractivity contribution in [2.45, 2.75) is 25.4 Å². The van der Waals surface area contributed by atoms with E-state index in [2.05, 4.69) is 15.0 Å². The third-order valence-electron chi connectivity index (χ3n) is 2.28. The molecule has 2 N–H and O–H groups in total. The van der Waals surface area contributed by atoms with Crippen molar-refractivity contribution in [3.63, 3.8) is 0 Å². The Morgan fingerprint density at radius 3 is 2.94 bits per heavy atom. The molecule has 2 rings (SSSR count). The predicted octanol–water partition coefficient (Wildman–Crippen LogP) is 1.06. The molecule has 6 nitrogen and oxygen atoms in total. The average Bonchev–Trinajstić information content (AvgIpc) is 2.27. The number of halogens is 1. The molecule has 88 valence electrons. The second-order valence-corrected chi connectivity index (χ2v) is 3.88. The highest BCUT2D eigenvalue weighted by atomic mass is 35.5. The molecular weight excluding hydrogens is 232 g/mol. The molecule has 0 bridgehead atoms. The minimum Gasteiger partial charge on any atom is -0.461 e. The van der Waals surface area contributed by atoms with Crippen LogP contribution in [0.4, 0.5) is 5.95 Å². The minimum absolute atomic E-state index is 0.0343. The Bertz CT molecular complexity index is 337. The van der Waals surface area contributed by atoms with Gasteiger partial charge in [-0.3, -0.25) is 0 Å². The molecule has 2 heterocycles. The number of nitrogen functional groups attached to an aromatic ring is 1. The number of rotatable bonds is 3. The standard InChI is InChI=1S/C9H13ClN4O2/c10-7-12-8(11)14-9(13-7)16-5-6-3-1-2-4-15-6/h6H,1-5H2,(H2,11,12,13,14). The van der Waals surface area contributed by atoms with Gasteiger partial charge in [-0.25, -0.2) is 0 Å². The average molecular weight is 245 g/mol. The van der Waals surface area contributed by atoms with E-state index in [1.54, 1.807) is 0 Å². The summed E-state index contributed by atoms with van der Waals surface area (Å²) in [6.07, 6.45) is 3.37. The second kappa shape index (κ2) is 5.27. The van der Waals surface area contributed by atoms with Crippen LogP contribution in [0, 0.1) is 0 Å². The van der Waals surface area contributed by atoms with E-state index < -0.39 is 0 Å². The van der Waals surface area contributed by atoms with E-state index in [1.807, 2.05) is 0 Å². The first-order valence-electron chi connectivity index (χ1n) is 5.15. The first-order valence-corrected chi connectivity index (χ1v) is 5.53. The van der Waals surface area contributed by atoms with Crippen LogP contribution in [0.3, 0.4) is 0 Å². The van der Waals surface area contributed by atoms with Crippen molar-refractivity contribution in [1.82, 2.24) is 15.0 Å². The van der Waals surface area contributed by atoms with E-state index in [0.717, 1.165) is 25.9 Å². The molecule has 0 aliphatic carbocycles. The summed E-state index contributed by atoms with van der Waals surface area (Å²) in [7, 11) is 0. The lowest BCUT2D eigenvalue weighted by molar-refractivity contribution is -0.0129. The SMILES string of the molecule is Nc1nc(Cl)nc(OCC2CCCCO2)n1. The molecule has 1 atom stereocenters. The summed E-state index contributed by atoms with van der Waals surface area (Å²) in [6.45, 7) is 1.20. The van der Waals surface area contributed by atoms with Crippen LogP contribution in [0.25, 0.3) is 0 Å². The Morgan fingerprint density at radius 2 is 2.25 bits per heavy atom. The van der Waals surface area contributed by atoms with Crippen molar-refractivity contribution in [1.29, 1.82) is 0 Å². The van der Waals surface area contributed by atoms with Crippen molar-refractivity contribution in [3.8, 4) is 6.01 Å². The molecular formula is C9H13ClN4O2. The molecule has 1 saturated heterocycles. The van der Waals surface area contributed by atoms with Crippen LogP contribution in [0.15, 0.2) is 0 Å². The van der Waals surface area contributed by atoms with Crippen molar-refractivity contribution in [2.75, 3.05) is 18.9 Å². The second-order valence-electron chi connectivity index (χ2n) is 3.54. The first-order chi connectivity index (χ1) is 7.74. The number of nitrogens with two attached hydrogens (primary N) is 1.